The van der Waals surface area contributed by atoms with Crippen LogP contribution in [-0.4, -0.2) is 24.0 Å². The molecule has 148 valence electrons. The molecule has 1 fully saturated rings. The van der Waals surface area contributed by atoms with E-state index in [9.17, 15) is 4.79 Å². The first-order valence-corrected chi connectivity index (χ1v) is 9.02. The smallest absolute Gasteiger partial charge is 0.220 e. The van der Waals surface area contributed by atoms with Crippen LogP contribution in [-0.2, 0) is 17.8 Å². The van der Waals surface area contributed by atoms with E-state index in [4.69, 9.17) is 5.73 Å². The maximum Gasteiger partial charge on any atom is 0.220 e. The van der Waals surface area contributed by atoms with Crippen molar-refractivity contribution < 1.29 is 4.79 Å². The summed E-state index contributed by atoms with van der Waals surface area (Å²) in [5, 5.41) is 2.99. The number of nitrogens with one attached hydrogen (secondary N) is 1. The molecule has 5 nitrogen and oxygen atoms in total. The zero-order valence-corrected chi connectivity index (χ0v) is 17.0. The highest BCUT2D eigenvalue weighted by atomic mass is 35.5. The van der Waals surface area contributed by atoms with E-state index >= 15 is 0 Å². The number of aryl methyl sites for hydroxylation is 1. The number of nitrogens with two attached hydrogens (primary N) is 1. The van der Waals surface area contributed by atoms with E-state index in [1.165, 1.54) is 19.3 Å². The summed E-state index contributed by atoms with van der Waals surface area (Å²) in [5.41, 5.74) is 8.77. The summed E-state index contributed by atoms with van der Waals surface area (Å²) in [5.74, 6) is 1.06. The second-order valence-corrected chi connectivity index (χ2v) is 6.55. The second kappa shape index (κ2) is 11.7. The lowest BCUT2D eigenvalue weighted by Gasteiger charge is -2.27. The Morgan fingerprint density at radius 2 is 1.85 bits per heavy atom. The van der Waals surface area contributed by atoms with E-state index in [1.54, 1.807) is 0 Å². The third-order valence-electron chi connectivity index (χ3n) is 4.66. The SMILES string of the molecule is Cl.Cl.Nc1ccccc1CCC(=O)NCc1ccnc(N2CCCCC2)c1. The Morgan fingerprint density at radius 3 is 2.59 bits per heavy atom. The van der Waals surface area contributed by atoms with Crippen molar-refractivity contribution in [3.8, 4) is 0 Å². The molecule has 0 saturated carbocycles. The Balaban J connectivity index is 0.00000182. The second-order valence-electron chi connectivity index (χ2n) is 6.55. The van der Waals surface area contributed by atoms with Crippen molar-refractivity contribution >= 4 is 42.2 Å². The highest BCUT2D eigenvalue weighted by Crippen LogP contribution is 2.18. The Kier molecular flexibility index (Phi) is 9.97. The summed E-state index contributed by atoms with van der Waals surface area (Å²) in [6.45, 7) is 2.68. The van der Waals surface area contributed by atoms with Gasteiger partial charge in [-0.25, -0.2) is 4.98 Å². The number of carbonyl (C=O) groups is 1. The Hall–Kier alpha value is -1.98. The summed E-state index contributed by atoms with van der Waals surface area (Å²) >= 11 is 0. The molecule has 1 saturated heterocycles. The fourth-order valence-electron chi connectivity index (χ4n) is 3.17. The lowest BCUT2D eigenvalue weighted by Crippen LogP contribution is -2.30. The number of aromatic nitrogens is 1. The van der Waals surface area contributed by atoms with Crippen LogP contribution in [0.2, 0.25) is 0 Å². The fraction of sp³-hybridized carbons (Fsp3) is 0.400. The minimum absolute atomic E-state index is 0. The number of hydrogen-bond donors (Lipinski definition) is 2. The van der Waals surface area contributed by atoms with Crippen molar-refractivity contribution in [1.29, 1.82) is 0 Å². The van der Waals surface area contributed by atoms with Gasteiger partial charge in [-0.15, -0.1) is 24.8 Å². The van der Waals surface area contributed by atoms with Crippen LogP contribution in [0.3, 0.4) is 0 Å². The molecule has 0 bridgehead atoms. The molecule has 1 aliphatic heterocycles. The zero-order valence-electron chi connectivity index (χ0n) is 15.4. The topological polar surface area (TPSA) is 71.2 Å². The number of anilines is 2. The maximum atomic E-state index is 12.1. The Labute approximate surface area is 173 Å². The summed E-state index contributed by atoms with van der Waals surface area (Å²) in [7, 11) is 0. The highest BCUT2D eigenvalue weighted by Gasteiger charge is 2.12. The standard InChI is InChI=1S/C20H26N4O.2ClH/c21-18-7-3-2-6-17(18)8-9-20(25)23-15-16-10-11-22-19(14-16)24-12-4-1-5-13-24;;/h2-3,6-7,10-11,14H,1,4-5,8-9,12-13,15,21H2,(H,23,25);2*1H. The van der Waals surface area contributed by atoms with Crippen LogP contribution in [0.15, 0.2) is 42.6 Å². The van der Waals surface area contributed by atoms with E-state index in [2.05, 4.69) is 21.3 Å². The fourth-order valence-corrected chi connectivity index (χ4v) is 3.17. The van der Waals surface area contributed by atoms with Crippen molar-refractivity contribution in [2.75, 3.05) is 23.7 Å². The summed E-state index contributed by atoms with van der Waals surface area (Å²) < 4.78 is 0. The number of para-hydroxylation sites is 1. The van der Waals surface area contributed by atoms with E-state index in [0.717, 1.165) is 35.7 Å². The van der Waals surface area contributed by atoms with Crippen LogP contribution >= 0.6 is 24.8 Å². The third-order valence-corrected chi connectivity index (χ3v) is 4.66. The lowest BCUT2D eigenvalue weighted by atomic mass is 10.1. The van der Waals surface area contributed by atoms with Gasteiger partial charge < -0.3 is 16.0 Å². The first-order valence-electron chi connectivity index (χ1n) is 9.02. The molecule has 0 spiro atoms. The molecular formula is C20H28Cl2N4O. The molecule has 7 heteroatoms. The van der Waals surface area contributed by atoms with Crippen molar-refractivity contribution in [2.45, 2.75) is 38.6 Å². The molecule has 0 radical (unpaired) electrons. The largest absolute Gasteiger partial charge is 0.399 e. The lowest BCUT2D eigenvalue weighted by molar-refractivity contribution is -0.121. The number of halogens is 2. The van der Waals surface area contributed by atoms with Gasteiger partial charge in [-0.1, -0.05) is 18.2 Å². The van der Waals surface area contributed by atoms with Gasteiger partial charge in [0.05, 0.1) is 0 Å². The predicted molar refractivity (Wildman–Crippen MR) is 116 cm³/mol. The third kappa shape index (κ3) is 6.92. The van der Waals surface area contributed by atoms with Gasteiger partial charge in [0.2, 0.25) is 5.91 Å². The molecule has 3 N–H and O–H groups in total. The van der Waals surface area contributed by atoms with Gasteiger partial charge in [-0.05, 0) is 55.0 Å². The van der Waals surface area contributed by atoms with E-state index < -0.39 is 0 Å². The summed E-state index contributed by atoms with van der Waals surface area (Å²) in [6, 6.07) is 11.7. The number of nitrogens with zero attached hydrogens (tertiary/aromatic N) is 2. The van der Waals surface area contributed by atoms with Crippen LogP contribution < -0.4 is 16.0 Å². The number of pyridine rings is 1. The van der Waals surface area contributed by atoms with Gasteiger partial charge in [0.25, 0.3) is 0 Å². The number of rotatable bonds is 6. The molecule has 0 aliphatic carbocycles. The van der Waals surface area contributed by atoms with Crippen molar-refractivity contribution in [3.05, 3.63) is 53.7 Å². The van der Waals surface area contributed by atoms with Crippen LogP contribution in [0.1, 0.15) is 36.8 Å². The molecule has 2 heterocycles. The van der Waals surface area contributed by atoms with Gasteiger partial charge in [0.1, 0.15) is 5.82 Å². The average Bonchev–Trinajstić information content (AvgIpc) is 2.67. The summed E-state index contributed by atoms with van der Waals surface area (Å²) in [6.07, 6.45) is 6.69. The van der Waals surface area contributed by atoms with Crippen molar-refractivity contribution in [1.82, 2.24) is 10.3 Å². The first-order chi connectivity index (χ1) is 12.2. The van der Waals surface area contributed by atoms with Crippen LogP contribution in [0.5, 0.6) is 0 Å². The molecule has 27 heavy (non-hydrogen) atoms. The molecular weight excluding hydrogens is 383 g/mol. The van der Waals surface area contributed by atoms with E-state index in [0.29, 0.717) is 19.4 Å². The monoisotopic (exact) mass is 410 g/mol. The molecule has 0 unspecified atom stereocenters. The predicted octanol–water partition coefficient (Wildman–Crippen LogP) is 3.75. The first kappa shape index (κ1) is 23.1. The van der Waals surface area contributed by atoms with Gasteiger partial charge in [0.15, 0.2) is 0 Å². The Morgan fingerprint density at radius 1 is 1.11 bits per heavy atom. The molecule has 0 atom stereocenters. The van der Waals surface area contributed by atoms with Crippen molar-refractivity contribution in [3.63, 3.8) is 0 Å². The van der Waals surface area contributed by atoms with Gasteiger partial charge in [-0.3, -0.25) is 4.79 Å². The minimum Gasteiger partial charge on any atom is -0.399 e. The van der Waals surface area contributed by atoms with Crippen molar-refractivity contribution in [2.24, 2.45) is 0 Å². The number of carbonyl (C=O) groups excluding carboxylic acids is 1. The van der Waals surface area contributed by atoms with Gasteiger partial charge >= 0.3 is 0 Å². The number of hydrogen-bond acceptors (Lipinski definition) is 4. The number of nitrogen functional groups attached to an aromatic ring is 1. The molecule has 2 aromatic rings. The molecule has 1 aromatic carbocycles. The summed E-state index contributed by atoms with van der Waals surface area (Å²) in [4.78, 5) is 18.9. The maximum absolute atomic E-state index is 12.1. The van der Waals surface area contributed by atoms with Crippen LogP contribution in [0.4, 0.5) is 11.5 Å². The number of piperidine rings is 1. The van der Waals surface area contributed by atoms with Crippen LogP contribution in [0.25, 0.3) is 0 Å². The van der Waals surface area contributed by atoms with E-state index in [-0.39, 0.29) is 30.7 Å². The van der Waals surface area contributed by atoms with E-state index in [1.807, 2.05) is 36.5 Å². The quantitative estimate of drug-likeness (QED) is 0.711. The highest BCUT2D eigenvalue weighted by molar-refractivity contribution is 5.85. The Bertz CT molecular complexity index is 721. The molecule has 3 rings (SSSR count). The van der Waals surface area contributed by atoms with Gasteiger partial charge in [0, 0.05) is 37.9 Å². The zero-order chi connectivity index (χ0) is 17.5. The minimum atomic E-state index is 0. The number of amides is 1. The molecule has 1 aromatic heterocycles. The molecule has 1 amide bonds. The normalized spacial score (nSPS) is 13.3. The molecule has 1 aliphatic rings. The number of benzene rings is 1. The van der Waals surface area contributed by atoms with Crippen LogP contribution in [0, 0.1) is 0 Å². The average molecular weight is 411 g/mol. The van der Waals surface area contributed by atoms with Gasteiger partial charge in [-0.2, -0.15) is 0 Å².